The molecule has 1 aliphatic heterocycles. The first-order chi connectivity index (χ1) is 12.9. The summed E-state index contributed by atoms with van der Waals surface area (Å²) in [5.74, 6) is -2.24. The van der Waals surface area contributed by atoms with Crippen molar-refractivity contribution in [3.8, 4) is 5.75 Å². The first kappa shape index (κ1) is 19.0. The maximum Gasteiger partial charge on any atom is 0.253 e. The average Bonchev–Trinajstić information content (AvgIpc) is 2.64. The van der Waals surface area contributed by atoms with Crippen molar-refractivity contribution in [3.05, 3.63) is 69.8 Å². The van der Waals surface area contributed by atoms with E-state index in [1.54, 1.807) is 0 Å². The minimum Gasteiger partial charge on any atom is -0.494 e. The molecule has 0 spiro atoms. The molecule has 0 radical (unpaired) electrons. The van der Waals surface area contributed by atoms with Crippen LogP contribution in [-0.4, -0.2) is 18.9 Å². The van der Waals surface area contributed by atoms with E-state index in [1.165, 1.54) is 49.7 Å². The largest absolute Gasteiger partial charge is 0.494 e. The third kappa shape index (κ3) is 4.16. The van der Waals surface area contributed by atoms with Crippen LogP contribution in [0.4, 0.5) is 14.5 Å². The number of ether oxygens (including phenoxy) is 1. The quantitative estimate of drug-likeness (QED) is 0.764. The van der Waals surface area contributed by atoms with Crippen LogP contribution < -0.4 is 15.4 Å². The van der Waals surface area contributed by atoms with Crippen molar-refractivity contribution in [1.29, 1.82) is 0 Å². The van der Waals surface area contributed by atoms with Crippen molar-refractivity contribution in [2.75, 3.05) is 12.4 Å². The molecule has 0 aliphatic carbocycles. The van der Waals surface area contributed by atoms with Crippen LogP contribution in [0.15, 0.2) is 52.6 Å². The van der Waals surface area contributed by atoms with Gasteiger partial charge in [0.2, 0.25) is 5.91 Å². The maximum atomic E-state index is 13.7. The molecule has 5 nitrogen and oxygen atoms in total. The number of nitrogens with one attached hydrogen (secondary N) is 2. The standard InChI is InChI=1S/C19H15BrF2N2O3/c1-27-17-8-16(14(20)7-15(17)22)24-19(26)13-9-23-18(25)6-12(13)10-2-4-11(21)5-3-10/h2-5,7-9,12H,6H2,1H3,(H,23,25)(H,24,26). The van der Waals surface area contributed by atoms with Gasteiger partial charge in [0.1, 0.15) is 5.82 Å². The van der Waals surface area contributed by atoms with Crippen LogP contribution in [-0.2, 0) is 9.59 Å². The monoisotopic (exact) mass is 436 g/mol. The lowest BCUT2D eigenvalue weighted by atomic mass is 9.86. The zero-order valence-electron chi connectivity index (χ0n) is 14.2. The summed E-state index contributed by atoms with van der Waals surface area (Å²) in [4.78, 5) is 24.6. The van der Waals surface area contributed by atoms with Crippen LogP contribution in [0.2, 0.25) is 0 Å². The lowest BCUT2D eigenvalue weighted by Gasteiger charge is -2.24. The Labute approximate surface area is 162 Å². The molecule has 8 heteroatoms. The van der Waals surface area contributed by atoms with Gasteiger partial charge >= 0.3 is 0 Å². The number of methoxy groups -OCH3 is 1. The molecule has 3 rings (SSSR count). The van der Waals surface area contributed by atoms with Crippen LogP contribution >= 0.6 is 15.9 Å². The van der Waals surface area contributed by atoms with Gasteiger partial charge in [-0.1, -0.05) is 12.1 Å². The van der Waals surface area contributed by atoms with E-state index in [-0.39, 0.29) is 18.1 Å². The predicted molar refractivity (Wildman–Crippen MR) is 99.3 cm³/mol. The molecule has 2 aromatic rings. The predicted octanol–water partition coefficient (Wildman–Crippen LogP) is 3.86. The van der Waals surface area contributed by atoms with Gasteiger partial charge in [0.15, 0.2) is 11.6 Å². The van der Waals surface area contributed by atoms with E-state index in [9.17, 15) is 18.4 Å². The fraction of sp³-hybridized carbons (Fsp3) is 0.158. The smallest absolute Gasteiger partial charge is 0.253 e. The normalized spacial score (nSPS) is 16.4. The van der Waals surface area contributed by atoms with Crippen LogP contribution in [0.1, 0.15) is 17.9 Å². The molecule has 0 fully saturated rings. The summed E-state index contributed by atoms with van der Waals surface area (Å²) in [5.41, 5.74) is 1.26. The lowest BCUT2D eigenvalue weighted by Crippen LogP contribution is -2.32. The summed E-state index contributed by atoms with van der Waals surface area (Å²) in [6.45, 7) is 0. The third-order valence-corrected chi connectivity index (χ3v) is 4.83. The molecule has 1 atom stereocenters. The number of carbonyl (C=O) groups excluding carboxylic acids is 2. The fourth-order valence-electron chi connectivity index (χ4n) is 2.81. The van der Waals surface area contributed by atoms with Gasteiger partial charge < -0.3 is 15.4 Å². The molecule has 2 N–H and O–H groups in total. The van der Waals surface area contributed by atoms with Crippen molar-refractivity contribution < 1.29 is 23.1 Å². The van der Waals surface area contributed by atoms with Crippen molar-refractivity contribution >= 4 is 33.4 Å². The van der Waals surface area contributed by atoms with Crippen molar-refractivity contribution in [2.45, 2.75) is 12.3 Å². The number of amides is 2. The number of carbonyl (C=O) groups is 2. The van der Waals surface area contributed by atoms with Crippen molar-refractivity contribution in [3.63, 3.8) is 0 Å². The highest BCUT2D eigenvalue weighted by Gasteiger charge is 2.29. The van der Waals surface area contributed by atoms with Crippen LogP contribution in [0.3, 0.4) is 0 Å². The Hall–Kier alpha value is -2.74. The SMILES string of the molecule is COc1cc(NC(=O)C2=CNC(=O)CC2c2ccc(F)cc2)c(Br)cc1F. The van der Waals surface area contributed by atoms with Gasteiger partial charge in [-0.05, 0) is 39.7 Å². The molecule has 0 aromatic heterocycles. The molecular weight excluding hydrogens is 422 g/mol. The summed E-state index contributed by atoms with van der Waals surface area (Å²) >= 11 is 3.20. The minimum atomic E-state index is -0.573. The van der Waals surface area contributed by atoms with E-state index in [4.69, 9.17) is 4.74 Å². The first-order valence-corrected chi connectivity index (χ1v) is 8.77. The molecule has 0 saturated heterocycles. The maximum absolute atomic E-state index is 13.7. The van der Waals surface area contributed by atoms with Crippen LogP contribution in [0, 0.1) is 11.6 Å². The van der Waals surface area contributed by atoms with E-state index in [0.717, 1.165) is 0 Å². The highest BCUT2D eigenvalue weighted by Crippen LogP contribution is 2.34. The van der Waals surface area contributed by atoms with Gasteiger partial charge in [0, 0.05) is 34.7 Å². The topological polar surface area (TPSA) is 67.4 Å². The number of benzene rings is 2. The Morgan fingerprint density at radius 2 is 1.96 bits per heavy atom. The molecule has 1 aliphatic rings. The van der Waals surface area contributed by atoms with Gasteiger partial charge in [-0.2, -0.15) is 0 Å². The summed E-state index contributed by atoms with van der Waals surface area (Å²) in [6.07, 6.45) is 1.39. The average molecular weight is 437 g/mol. The molecule has 2 aromatic carbocycles. The Morgan fingerprint density at radius 1 is 1.26 bits per heavy atom. The molecule has 27 heavy (non-hydrogen) atoms. The molecule has 1 heterocycles. The fourth-order valence-corrected chi connectivity index (χ4v) is 3.22. The molecule has 1 unspecified atom stereocenters. The lowest BCUT2D eigenvalue weighted by molar-refractivity contribution is -0.121. The molecule has 0 bridgehead atoms. The van der Waals surface area contributed by atoms with Gasteiger partial charge in [-0.15, -0.1) is 0 Å². The van der Waals surface area contributed by atoms with E-state index in [0.29, 0.717) is 21.3 Å². The van der Waals surface area contributed by atoms with E-state index < -0.39 is 23.5 Å². The van der Waals surface area contributed by atoms with Crippen molar-refractivity contribution in [1.82, 2.24) is 5.32 Å². The third-order valence-electron chi connectivity index (χ3n) is 4.18. The summed E-state index contributed by atoms with van der Waals surface area (Å²) in [7, 11) is 1.32. The first-order valence-electron chi connectivity index (χ1n) is 7.98. The Kier molecular flexibility index (Phi) is 5.55. The second kappa shape index (κ2) is 7.87. The Balaban J connectivity index is 1.90. The zero-order chi connectivity index (χ0) is 19.6. The zero-order valence-corrected chi connectivity index (χ0v) is 15.8. The van der Waals surface area contributed by atoms with Crippen molar-refractivity contribution in [2.24, 2.45) is 0 Å². The summed E-state index contributed by atoms with van der Waals surface area (Å²) in [5, 5.41) is 5.21. The molecular formula is C19H15BrF2N2O3. The number of hydrogen-bond acceptors (Lipinski definition) is 3. The second-order valence-corrected chi connectivity index (χ2v) is 6.75. The van der Waals surface area contributed by atoms with Gasteiger partial charge in [-0.25, -0.2) is 8.78 Å². The highest BCUT2D eigenvalue weighted by molar-refractivity contribution is 9.10. The molecule has 0 saturated carbocycles. The highest BCUT2D eigenvalue weighted by atomic mass is 79.9. The van der Waals surface area contributed by atoms with Gasteiger partial charge in [-0.3, -0.25) is 9.59 Å². The summed E-state index contributed by atoms with van der Waals surface area (Å²) in [6, 6.07) is 8.17. The van der Waals surface area contributed by atoms with Gasteiger partial charge in [0.25, 0.3) is 5.91 Å². The van der Waals surface area contributed by atoms with E-state index in [1.807, 2.05) is 0 Å². The summed E-state index contributed by atoms with van der Waals surface area (Å²) < 4.78 is 32.2. The van der Waals surface area contributed by atoms with E-state index in [2.05, 4.69) is 26.6 Å². The Bertz CT molecular complexity index is 929. The van der Waals surface area contributed by atoms with Crippen LogP contribution in [0.25, 0.3) is 0 Å². The number of anilines is 1. The molecule has 2 amide bonds. The number of rotatable bonds is 4. The van der Waals surface area contributed by atoms with Crippen LogP contribution in [0.5, 0.6) is 5.75 Å². The van der Waals surface area contributed by atoms with Gasteiger partial charge in [0.05, 0.1) is 12.8 Å². The minimum absolute atomic E-state index is 0.0190. The number of hydrogen-bond donors (Lipinski definition) is 2. The Morgan fingerprint density at radius 3 is 2.63 bits per heavy atom. The molecule has 140 valence electrons. The van der Waals surface area contributed by atoms with E-state index >= 15 is 0 Å². The number of halogens is 3. The second-order valence-electron chi connectivity index (χ2n) is 5.90.